The molecule has 0 saturated carbocycles. The van der Waals surface area contributed by atoms with Crippen LogP contribution < -0.4 is 5.32 Å². The Morgan fingerprint density at radius 3 is 2.67 bits per heavy atom. The highest BCUT2D eigenvalue weighted by Gasteiger charge is 2.27. The van der Waals surface area contributed by atoms with Crippen molar-refractivity contribution in [3.63, 3.8) is 0 Å². The molecule has 7 nitrogen and oxygen atoms in total. The van der Waals surface area contributed by atoms with Crippen molar-refractivity contribution in [2.75, 3.05) is 13.1 Å². The molecular formula is C23H29N5O2. The number of amides is 1. The van der Waals surface area contributed by atoms with Crippen molar-refractivity contribution in [1.29, 1.82) is 0 Å². The number of fused-ring (bicyclic) bond motifs is 1. The summed E-state index contributed by atoms with van der Waals surface area (Å²) in [6.07, 6.45) is 3.15. The van der Waals surface area contributed by atoms with E-state index < -0.39 is 0 Å². The van der Waals surface area contributed by atoms with Crippen molar-refractivity contribution in [1.82, 2.24) is 25.0 Å². The van der Waals surface area contributed by atoms with Gasteiger partial charge in [0.25, 0.3) is 5.91 Å². The Hall–Kier alpha value is -2.93. The van der Waals surface area contributed by atoms with Gasteiger partial charge in [0, 0.05) is 32.6 Å². The van der Waals surface area contributed by atoms with Crippen molar-refractivity contribution in [3.05, 3.63) is 71.7 Å². The molecule has 0 aliphatic carbocycles. The van der Waals surface area contributed by atoms with Gasteiger partial charge in [0.1, 0.15) is 5.82 Å². The normalized spacial score (nSPS) is 15.6. The smallest absolute Gasteiger partial charge is 0.287 e. The van der Waals surface area contributed by atoms with Crippen molar-refractivity contribution in [2.45, 2.75) is 45.8 Å². The summed E-state index contributed by atoms with van der Waals surface area (Å²) in [5, 5.41) is 12.1. The van der Waals surface area contributed by atoms with Crippen molar-refractivity contribution in [3.8, 4) is 0 Å². The molecule has 3 heterocycles. The number of nitrogens with zero attached hydrogens (tertiary/aromatic N) is 4. The van der Waals surface area contributed by atoms with Crippen molar-refractivity contribution < 1.29 is 9.21 Å². The summed E-state index contributed by atoms with van der Waals surface area (Å²) in [6, 6.07) is 13.7. The number of nitrogens with one attached hydrogen (secondary N) is 1. The van der Waals surface area contributed by atoms with Gasteiger partial charge < -0.3 is 14.3 Å². The molecule has 30 heavy (non-hydrogen) atoms. The van der Waals surface area contributed by atoms with E-state index in [1.807, 2.05) is 6.07 Å². The van der Waals surface area contributed by atoms with Crippen LogP contribution in [0.25, 0.3) is 0 Å². The van der Waals surface area contributed by atoms with Crippen LogP contribution >= 0.6 is 0 Å². The molecule has 1 aliphatic rings. The zero-order valence-corrected chi connectivity index (χ0v) is 17.6. The summed E-state index contributed by atoms with van der Waals surface area (Å²) in [6.45, 7) is 7.91. The van der Waals surface area contributed by atoms with E-state index >= 15 is 0 Å². The van der Waals surface area contributed by atoms with E-state index in [1.165, 1.54) is 11.8 Å². The van der Waals surface area contributed by atoms with Crippen LogP contribution in [0.1, 0.15) is 54.1 Å². The predicted octanol–water partition coefficient (Wildman–Crippen LogP) is 3.45. The molecular weight excluding hydrogens is 378 g/mol. The number of furan rings is 1. The number of carbonyl (C=O) groups is 1. The van der Waals surface area contributed by atoms with E-state index in [0.717, 1.165) is 50.7 Å². The van der Waals surface area contributed by atoms with Gasteiger partial charge in [-0.3, -0.25) is 9.69 Å². The van der Waals surface area contributed by atoms with Gasteiger partial charge in [0.05, 0.1) is 12.3 Å². The minimum atomic E-state index is -0.220. The first-order valence-electron chi connectivity index (χ1n) is 10.6. The molecule has 0 radical (unpaired) electrons. The highest BCUT2D eigenvalue weighted by Crippen LogP contribution is 2.23. The lowest BCUT2D eigenvalue weighted by atomic mass is 10.0. The topological polar surface area (TPSA) is 76.2 Å². The molecule has 158 valence electrons. The van der Waals surface area contributed by atoms with E-state index in [4.69, 9.17) is 4.42 Å². The maximum atomic E-state index is 12.6. The quantitative estimate of drug-likeness (QED) is 0.649. The number of benzene rings is 1. The zero-order valence-electron chi connectivity index (χ0n) is 17.6. The largest absolute Gasteiger partial charge is 0.459 e. The second kappa shape index (κ2) is 9.26. The highest BCUT2D eigenvalue weighted by atomic mass is 16.3. The second-order valence-electron chi connectivity index (χ2n) is 8.27. The van der Waals surface area contributed by atoms with Crippen LogP contribution in [0.2, 0.25) is 0 Å². The van der Waals surface area contributed by atoms with Gasteiger partial charge in [0.15, 0.2) is 11.6 Å². The van der Waals surface area contributed by atoms with E-state index in [-0.39, 0.29) is 11.9 Å². The zero-order chi connectivity index (χ0) is 20.9. The number of aromatic nitrogens is 3. The van der Waals surface area contributed by atoms with E-state index in [1.54, 1.807) is 12.1 Å². The van der Waals surface area contributed by atoms with Gasteiger partial charge in [-0.2, -0.15) is 0 Å². The average Bonchev–Trinajstić information content (AvgIpc) is 3.36. The van der Waals surface area contributed by atoms with Crippen LogP contribution in [0.5, 0.6) is 0 Å². The first kappa shape index (κ1) is 20.3. The van der Waals surface area contributed by atoms with Crippen LogP contribution in [-0.2, 0) is 19.5 Å². The van der Waals surface area contributed by atoms with Gasteiger partial charge >= 0.3 is 0 Å². The van der Waals surface area contributed by atoms with Gasteiger partial charge in [-0.05, 0) is 30.0 Å². The number of rotatable bonds is 7. The predicted molar refractivity (Wildman–Crippen MR) is 114 cm³/mol. The highest BCUT2D eigenvalue weighted by molar-refractivity contribution is 5.91. The lowest BCUT2D eigenvalue weighted by Crippen LogP contribution is -2.32. The van der Waals surface area contributed by atoms with Crippen LogP contribution in [0, 0.1) is 5.92 Å². The first-order chi connectivity index (χ1) is 14.6. The third-order valence-corrected chi connectivity index (χ3v) is 5.47. The lowest BCUT2D eigenvalue weighted by molar-refractivity contribution is 0.0900. The van der Waals surface area contributed by atoms with E-state index in [0.29, 0.717) is 11.7 Å². The van der Waals surface area contributed by atoms with Gasteiger partial charge in [-0.25, -0.2) is 0 Å². The summed E-state index contributed by atoms with van der Waals surface area (Å²) in [5.74, 6) is 2.32. The molecule has 0 bridgehead atoms. The molecule has 7 heteroatoms. The molecule has 1 aromatic carbocycles. The molecule has 2 aromatic heterocycles. The maximum Gasteiger partial charge on any atom is 0.287 e. The number of hydrogen-bond acceptors (Lipinski definition) is 5. The van der Waals surface area contributed by atoms with Gasteiger partial charge in [-0.1, -0.05) is 44.2 Å². The van der Waals surface area contributed by atoms with Gasteiger partial charge in [-0.15, -0.1) is 10.2 Å². The Bertz CT molecular complexity index is 949. The Morgan fingerprint density at radius 1 is 1.10 bits per heavy atom. The molecule has 1 amide bonds. The fourth-order valence-electron chi connectivity index (χ4n) is 3.98. The third kappa shape index (κ3) is 4.79. The number of hydrogen-bond donors (Lipinski definition) is 1. The monoisotopic (exact) mass is 407 g/mol. The van der Waals surface area contributed by atoms with Crippen LogP contribution in [-0.4, -0.2) is 38.7 Å². The Morgan fingerprint density at radius 2 is 1.93 bits per heavy atom. The SMILES string of the molecule is CC(C)C[C@@H](NC(=O)c1ccco1)c1nnc2n1CCN(Cc1ccccc1)CC2. The molecule has 0 saturated heterocycles. The van der Waals surface area contributed by atoms with Crippen LogP contribution in [0.15, 0.2) is 53.1 Å². The summed E-state index contributed by atoms with van der Waals surface area (Å²) in [4.78, 5) is 15.1. The molecule has 0 fully saturated rings. The molecule has 1 aliphatic heterocycles. The fraction of sp³-hybridized carbons (Fsp3) is 0.435. The summed E-state index contributed by atoms with van der Waals surface area (Å²) in [7, 11) is 0. The Labute approximate surface area is 177 Å². The summed E-state index contributed by atoms with van der Waals surface area (Å²) in [5.41, 5.74) is 1.32. The fourth-order valence-corrected chi connectivity index (χ4v) is 3.98. The van der Waals surface area contributed by atoms with E-state index in [9.17, 15) is 4.79 Å². The molecule has 4 rings (SSSR count). The molecule has 0 spiro atoms. The molecule has 0 unspecified atom stereocenters. The summed E-state index contributed by atoms with van der Waals surface area (Å²) >= 11 is 0. The minimum Gasteiger partial charge on any atom is -0.459 e. The van der Waals surface area contributed by atoms with Crippen LogP contribution in [0.3, 0.4) is 0 Å². The van der Waals surface area contributed by atoms with Crippen LogP contribution in [0.4, 0.5) is 0 Å². The molecule has 1 atom stereocenters. The average molecular weight is 408 g/mol. The summed E-state index contributed by atoms with van der Waals surface area (Å²) < 4.78 is 7.46. The second-order valence-corrected chi connectivity index (χ2v) is 8.27. The first-order valence-corrected chi connectivity index (χ1v) is 10.6. The third-order valence-electron chi connectivity index (χ3n) is 5.47. The molecule has 1 N–H and O–H groups in total. The maximum absolute atomic E-state index is 12.6. The number of carbonyl (C=O) groups excluding carboxylic acids is 1. The van der Waals surface area contributed by atoms with Crippen molar-refractivity contribution in [2.24, 2.45) is 5.92 Å². The Balaban J connectivity index is 1.49. The van der Waals surface area contributed by atoms with E-state index in [2.05, 4.69) is 63.1 Å². The standard InChI is InChI=1S/C23H29N5O2/c1-17(2)15-19(24-23(29)20-9-6-14-30-20)22-26-25-21-10-11-27(12-13-28(21)22)16-18-7-4-3-5-8-18/h3-9,14,17,19H,10-13,15-16H2,1-2H3,(H,24,29)/t19-/m1/s1. The Kier molecular flexibility index (Phi) is 6.28. The molecule has 3 aromatic rings. The van der Waals surface area contributed by atoms with Gasteiger partial charge in [0.2, 0.25) is 0 Å². The minimum absolute atomic E-state index is 0.204. The lowest BCUT2D eigenvalue weighted by Gasteiger charge is -2.22. The van der Waals surface area contributed by atoms with Crippen molar-refractivity contribution >= 4 is 5.91 Å².